The van der Waals surface area contributed by atoms with Crippen LogP contribution >= 0.6 is 11.3 Å². The third kappa shape index (κ3) is 4.08. The fourth-order valence-corrected chi connectivity index (χ4v) is 5.83. The number of aromatic nitrogens is 6. The summed E-state index contributed by atoms with van der Waals surface area (Å²) in [5.74, 6) is -0.549. The molecule has 1 aliphatic rings. The number of hydrogen-bond acceptors (Lipinski definition) is 8. The summed E-state index contributed by atoms with van der Waals surface area (Å²) in [5.41, 5.74) is 2.69. The van der Waals surface area contributed by atoms with E-state index in [1.807, 2.05) is 4.68 Å². The Balaban J connectivity index is 1.48. The van der Waals surface area contributed by atoms with Gasteiger partial charge in [-0.1, -0.05) is 11.3 Å². The van der Waals surface area contributed by atoms with Crippen LogP contribution in [-0.2, 0) is 0 Å². The molecule has 0 radical (unpaired) electrons. The molecule has 2 N–H and O–H groups in total. The van der Waals surface area contributed by atoms with Crippen LogP contribution in [0.4, 0.5) is 4.39 Å². The fourth-order valence-electron chi connectivity index (χ4n) is 5.04. The molecule has 0 spiro atoms. The molecule has 3 aromatic heterocycles. The Labute approximate surface area is 194 Å². The zero-order valence-corrected chi connectivity index (χ0v) is 20.0. The maximum absolute atomic E-state index is 14.1. The van der Waals surface area contributed by atoms with E-state index in [1.165, 1.54) is 17.4 Å². The van der Waals surface area contributed by atoms with Gasteiger partial charge in [0.25, 0.3) is 0 Å². The summed E-state index contributed by atoms with van der Waals surface area (Å²) in [7, 11) is 0. The Bertz CT molecular complexity index is 1340. The van der Waals surface area contributed by atoms with Gasteiger partial charge >= 0.3 is 0 Å². The number of halogens is 1. The number of thiazole rings is 1. The number of nitrogens with one attached hydrogen (secondary N) is 1. The summed E-state index contributed by atoms with van der Waals surface area (Å²) in [6.07, 6.45) is 1.79. The maximum Gasteiger partial charge on any atom is 0.231 e. The summed E-state index contributed by atoms with van der Waals surface area (Å²) in [6.45, 7) is 10.5. The van der Waals surface area contributed by atoms with Gasteiger partial charge in [-0.05, 0) is 65.7 Å². The van der Waals surface area contributed by atoms with E-state index in [2.05, 4.69) is 58.5 Å². The molecule has 0 amide bonds. The van der Waals surface area contributed by atoms with Gasteiger partial charge in [0.05, 0.1) is 21.6 Å². The van der Waals surface area contributed by atoms with Gasteiger partial charge in [-0.3, -0.25) is 0 Å². The van der Waals surface area contributed by atoms with Crippen molar-refractivity contribution in [3.8, 4) is 27.4 Å². The van der Waals surface area contributed by atoms with E-state index in [1.54, 1.807) is 25.1 Å². The quantitative estimate of drug-likeness (QED) is 0.452. The average Bonchev–Trinajstić information content (AvgIpc) is 3.27. The molecule has 5 rings (SSSR count). The maximum atomic E-state index is 14.1. The minimum absolute atomic E-state index is 0.0131. The Hall–Kier alpha value is -2.98. The molecule has 1 aliphatic heterocycles. The molecule has 0 bridgehead atoms. The number of aromatic hydroxyl groups is 1. The standard InChI is InChI=1S/C23H26FN7OS/c1-12-25-20(24)19(33-12)13-6-7-15(18(32)8-13)16-9-17-21(28-26-16)31(30-27-17)14-10-22(2,3)29-23(4,5)11-14/h6-9,14,29,32H,10-11H2,1-5H3. The number of fused-ring (bicyclic) bond motifs is 1. The van der Waals surface area contributed by atoms with Crippen LogP contribution in [0.5, 0.6) is 5.75 Å². The van der Waals surface area contributed by atoms with Gasteiger partial charge in [-0.15, -0.1) is 26.6 Å². The molecule has 172 valence electrons. The van der Waals surface area contributed by atoms with Crippen molar-refractivity contribution in [2.24, 2.45) is 0 Å². The summed E-state index contributed by atoms with van der Waals surface area (Å²) in [6, 6.07) is 6.89. The van der Waals surface area contributed by atoms with Crippen molar-refractivity contribution in [1.82, 2.24) is 35.5 Å². The molecule has 1 saturated heterocycles. The fraction of sp³-hybridized carbons (Fsp3) is 0.435. The van der Waals surface area contributed by atoms with Crippen LogP contribution in [-0.4, -0.2) is 46.4 Å². The Morgan fingerprint density at radius 3 is 2.45 bits per heavy atom. The first kappa shape index (κ1) is 21.8. The molecule has 0 atom stereocenters. The minimum atomic E-state index is -0.535. The lowest BCUT2D eigenvalue weighted by Gasteiger charge is -2.46. The molecule has 0 unspecified atom stereocenters. The summed E-state index contributed by atoms with van der Waals surface area (Å²) < 4.78 is 15.9. The van der Waals surface area contributed by atoms with Crippen LogP contribution in [0, 0.1) is 12.9 Å². The van der Waals surface area contributed by atoms with Crippen LogP contribution in [0.25, 0.3) is 32.9 Å². The van der Waals surface area contributed by atoms with E-state index >= 15 is 0 Å². The highest BCUT2D eigenvalue weighted by Gasteiger charge is 2.39. The molecule has 4 heterocycles. The van der Waals surface area contributed by atoms with Crippen molar-refractivity contribution in [3.63, 3.8) is 0 Å². The van der Waals surface area contributed by atoms with E-state index in [-0.39, 0.29) is 22.9 Å². The number of phenolic OH excluding ortho intramolecular Hbond substituents is 1. The second-order valence-corrected chi connectivity index (χ2v) is 11.2. The number of hydrogen-bond donors (Lipinski definition) is 2. The second kappa shape index (κ2) is 7.53. The molecule has 0 aliphatic carbocycles. The van der Waals surface area contributed by atoms with Crippen molar-refractivity contribution in [1.29, 1.82) is 0 Å². The van der Waals surface area contributed by atoms with Crippen molar-refractivity contribution >= 4 is 22.5 Å². The smallest absolute Gasteiger partial charge is 0.231 e. The summed E-state index contributed by atoms with van der Waals surface area (Å²) >= 11 is 1.24. The Morgan fingerprint density at radius 2 is 1.82 bits per heavy atom. The van der Waals surface area contributed by atoms with Crippen molar-refractivity contribution < 1.29 is 9.50 Å². The first-order chi connectivity index (χ1) is 15.5. The number of aryl methyl sites for hydroxylation is 1. The minimum Gasteiger partial charge on any atom is -0.507 e. The number of phenols is 1. The lowest BCUT2D eigenvalue weighted by atomic mass is 9.80. The lowest BCUT2D eigenvalue weighted by Crippen LogP contribution is -2.58. The van der Waals surface area contributed by atoms with Crippen LogP contribution in [0.3, 0.4) is 0 Å². The van der Waals surface area contributed by atoms with Crippen molar-refractivity contribution in [2.75, 3.05) is 0 Å². The van der Waals surface area contributed by atoms with Gasteiger partial charge in [0.15, 0.2) is 0 Å². The van der Waals surface area contributed by atoms with Crippen molar-refractivity contribution in [2.45, 2.75) is 64.6 Å². The highest BCUT2D eigenvalue weighted by Crippen LogP contribution is 2.38. The Morgan fingerprint density at radius 1 is 1.09 bits per heavy atom. The first-order valence-corrected chi connectivity index (χ1v) is 11.7. The van der Waals surface area contributed by atoms with Gasteiger partial charge < -0.3 is 10.4 Å². The van der Waals surface area contributed by atoms with Crippen LogP contribution in [0.2, 0.25) is 0 Å². The van der Waals surface area contributed by atoms with E-state index in [0.717, 1.165) is 12.8 Å². The van der Waals surface area contributed by atoms with Gasteiger partial charge in [0, 0.05) is 22.2 Å². The van der Waals surface area contributed by atoms with E-state index in [9.17, 15) is 9.50 Å². The predicted molar refractivity (Wildman–Crippen MR) is 126 cm³/mol. The average molecular weight is 468 g/mol. The summed E-state index contributed by atoms with van der Waals surface area (Å²) in [5, 5.41) is 32.5. The largest absolute Gasteiger partial charge is 0.507 e. The highest BCUT2D eigenvalue weighted by atomic mass is 32.1. The SMILES string of the molecule is Cc1nc(F)c(-c2ccc(-c3cc4nnn(C5CC(C)(C)NC(C)(C)C5)c4nn3)c(O)c2)s1. The van der Waals surface area contributed by atoms with Gasteiger partial charge in [0.1, 0.15) is 11.3 Å². The molecule has 0 saturated carbocycles. The lowest BCUT2D eigenvalue weighted by molar-refractivity contribution is 0.127. The van der Waals surface area contributed by atoms with E-state index < -0.39 is 5.95 Å². The number of piperidine rings is 1. The molecule has 4 aromatic rings. The van der Waals surface area contributed by atoms with Crippen molar-refractivity contribution in [3.05, 3.63) is 35.2 Å². The molecular formula is C23H26FN7OS. The van der Waals surface area contributed by atoms with Gasteiger partial charge in [-0.2, -0.15) is 4.39 Å². The monoisotopic (exact) mass is 467 g/mol. The molecule has 33 heavy (non-hydrogen) atoms. The number of benzene rings is 1. The third-order valence-electron chi connectivity index (χ3n) is 5.96. The number of nitrogens with zero attached hydrogens (tertiary/aromatic N) is 6. The van der Waals surface area contributed by atoms with Gasteiger partial charge in [0.2, 0.25) is 11.6 Å². The molecule has 8 nitrogen and oxygen atoms in total. The van der Waals surface area contributed by atoms with Crippen LogP contribution in [0.15, 0.2) is 24.3 Å². The number of rotatable bonds is 3. The third-order valence-corrected chi connectivity index (χ3v) is 6.96. The molecular weight excluding hydrogens is 441 g/mol. The molecule has 1 fully saturated rings. The predicted octanol–water partition coefficient (Wildman–Crippen LogP) is 4.65. The van der Waals surface area contributed by atoms with E-state index in [0.29, 0.717) is 37.9 Å². The zero-order chi connectivity index (χ0) is 23.5. The molecule has 10 heteroatoms. The topological polar surface area (TPSA) is 102 Å². The van der Waals surface area contributed by atoms with E-state index in [4.69, 9.17) is 0 Å². The zero-order valence-electron chi connectivity index (χ0n) is 19.2. The second-order valence-electron chi connectivity index (χ2n) is 10.0. The van der Waals surface area contributed by atoms with Crippen LogP contribution in [0.1, 0.15) is 51.6 Å². The Kier molecular flexibility index (Phi) is 4.98. The normalized spacial score (nSPS) is 18.1. The van der Waals surface area contributed by atoms with Crippen LogP contribution < -0.4 is 5.32 Å². The first-order valence-electron chi connectivity index (χ1n) is 10.9. The van der Waals surface area contributed by atoms with Gasteiger partial charge in [-0.25, -0.2) is 9.67 Å². The summed E-state index contributed by atoms with van der Waals surface area (Å²) in [4.78, 5) is 4.21. The molecule has 1 aromatic carbocycles. The highest BCUT2D eigenvalue weighted by molar-refractivity contribution is 7.15.